The second-order valence-electron chi connectivity index (χ2n) is 6.53. The topological polar surface area (TPSA) is 52.6 Å². The maximum Gasteiger partial charge on any atom is 0.224 e. The van der Waals surface area contributed by atoms with Gasteiger partial charge in [0.1, 0.15) is 0 Å². The van der Waals surface area contributed by atoms with E-state index >= 15 is 0 Å². The fourth-order valence-corrected chi connectivity index (χ4v) is 4.14. The van der Waals surface area contributed by atoms with Crippen molar-refractivity contribution in [1.29, 1.82) is 0 Å². The highest BCUT2D eigenvalue weighted by Gasteiger charge is 2.19. The summed E-state index contributed by atoms with van der Waals surface area (Å²) in [4.78, 5) is 29.6. The molecule has 0 bridgehead atoms. The predicted octanol–water partition coefficient (Wildman–Crippen LogP) is 4.41. The molecule has 1 aromatic carbocycles. The van der Waals surface area contributed by atoms with Gasteiger partial charge in [-0.2, -0.15) is 0 Å². The molecule has 3 rings (SSSR count). The molecule has 0 atom stereocenters. The first-order chi connectivity index (χ1) is 12.9. The number of carbonyl (C=O) groups excluding carboxylic acids is 2. The molecular formula is C19H21Cl2N3O2S. The van der Waals surface area contributed by atoms with Crippen LogP contribution in [-0.2, 0) is 4.79 Å². The number of amides is 1. The molecule has 0 saturated carbocycles. The number of anilines is 2. The minimum atomic E-state index is -0.205. The lowest BCUT2D eigenvalue weighted by molar-refractivity contribution is -0.116. The molecule has 1 aromatic heterocycles. The zero-order chi connectivity index (χ0) is 19.4. The number of hydrogen-bond acceptors (Lipinski definition) is 5. The molecule has 0 spiro atoms. The Balaban J connectivity index is 1.63. The molecule has 0 aliphatic carbocycles. The number of hydrogen-bond donors (Lipinski definition) is 1. The number of likely N-dealkylation sites (N-methyl/N-ethyl adjacent to an activating group) is 1. The fraction of sp³-hybridized carbons (Fsp3) is 0.368. The van der Waals surface area contributed by atoms with Crippen LogP contribution in [0.25, 0.3) is 0 Å². The van der Waals surface area contributed by atoms with Gasteiger partial charge in [-0.25, -0.2) is 0 Å². The van der Waals surface area contributed by atoms with E-state index < -0.39 is 0 Å². The Morgan fingerprint density at radius 2 is 1.81 bits per heavy atom. The summed E-state index contributed by atoms with van der Waals surface area (Å²) >= 11 is 13.2. The summed E-state index contributed by atoms with van der Waals surface area (Å²) in [7, 11) is 2.10. The lowest BCUT2D eigenvalue weighted by Crippen LogP contribution is -2.44. The molecule has 1 saturated heterocycles. The van der Waals surface area contributed by atoms with E-state index in [0.29, 0.717) is 19.9 Å². The number of piperazine rings is 1. The second kappa shape index (κ2) is 9.06. The highest BCUT2D eigenvalue weighted by atomic mass is 35.5. The SMILES string of the molecule is CN1CCN(c2ccc(Cl)cc2NC(=O)CCC(=O)c2ccc(Cl)s2)CC1. The van der Waals surface area contributed by atoms with Gasteiger partial charge in [0.05, 0.1) is 20.6 Å². The molecule has 27 heavy (non-hydrogen) atoms. The van der Waals surface area contributed by atoms with Crippen molar-refractivity contribution in [3.05, 3.63) is 44.6 Å². The van der Waals surface area contributed by atoms with Gasteiger partial charge < -0.3 is 15.1 Å². The van der Waals surface area contributed by atoms with E-state index in [1.165, 1.54) is 11.3 Å². The molecular weight excluding hydrogens is 405 g/mol. The smallest absolute Gasteiger partial charge is 0.224 e. The van der Waals surface area contributed by atoms with E-state index in [1.54, 1.807) is 18.2 Å². The molecule has 0 radical (unpaired) electrons. The summed E-state index contributed by atoms with van der Waals surface area (Å²) in [6, 6.07) is 8.90. The van der Waals surface area contributed by atoms with Crippen molar-refractivity contribution in [1.82, 2.24) is 4.90 Å². The first-order valence-corrected chi connectivity index (χ1v) is 10.3. The monoisotopic (exact) mass is 425 g/mol. The molecule has 2 heterocycles. The average molecular weight is 426 g/mol. The van der Waals surface area contributed by atoms with Crippen LogP contribution in [0.2, 0.25) is 9.36 Å². The molecule has 1 N–H and O–H groups in total. The normalized spacial score (nSPS) is 15.0. The van der Waals surface area contributed by atoms with Crippen LogP contribution >= 0.6 is 34.5 Å². The lowest BCUT2D eigenvalue weighted by Gasteiger charge is -2.35. The predicted molar refractivity (Wildman–Crippen MR) is 113 cm³/mol. The van der Waals surface area contributed by atoms with Crippen molar-refractivity contribution in [3.63, 3.8) is 0 Å². The second-order valence-corrected chi connectivity index (χ2v) is 8.68. The number of ketones is 1. The minimum absolute atomic E-state index is 0.0764. The van der Waals surface area contributed by atoms with Gasteiger partial charge in [0, 0.05) is 44.0 Å². The number of nitrogens with one attached hydrogen (secondary N) is 1. The van der Waals surface area contributed by atoms with Crippen molar-refractivity contribution in [2.45, 2.75) is 12.8 Å². The number of rotatable bonds is 6. The lowest BCUT2D eigenvalue weighted by atomic mass is 10.1. The van der Waals surface area contributed by atoms with Gasteiger partial charge in [0.25, 0.3) is 0 Å². The van der Waals surface area contributed by atoms with Crippen molar-refractivity contribution in [2.75, 3.05) is 43.4 Å². The highest BCUT2D eigenvalue weighted by Crippen LogP contribution is 2.30. The molecule has 144 valence electrons. The van der Waals surface area contributed by atoms with E-state index in [0.717, 1.165) is 31.9 Å². The number of carbonyl (C=O) groups is 2. The van der Waals surface area contributed by atoms with Crippen LogP contribution in [0.1, 0.15) is 22.5 Å². The Hall–Kier alpha value is -1.60. The van der Waals surface area contributed by atoms with Crippen LogP contribution < -0.4 is 10.2 Å². The molecule has 1 aliphatic rings. The molecule has 2 aromatic rings. The standard InChI is InChI=1S/C19H21Cl2N3O2S/c1-23-8-10-24(11-9-23)15-3-2-13(20)12-14(15)22-19(26)7-4-16(25)17-5-6-18(21)27-17/h2-3,5-6,12H,4,7-11H2,1H3,(H,22,26). The average Bonchev–Trinajstić information content (AvgIpc) is 3.07. The largest absolute Gasteiger partial charge is 0.367 e. The van der Waals surface area contributed by atoms with Gasteiger partial charge in [-0.3, -0.25) is 9.59 Å². The number of Topliss-reactive ketones (excluding diaryl/α,β-unsaturated/α-hetero) is 1. The number of nitrogens with zero attached hydrogens (tertiary/aromatic N) is 2. The first-order valence-electron chi connectivity index (χ1n) is 8.74. The van der Waals surface area contributed by atoms with Gasteiger partial charge in [-0.15, -0.1) is 11.3 Å². The van der Waals surface area contributed by atoms with Crippen LogP contribution in [0.5, 0.6) is 0 Å². The fourth-order valence-electron chi connectivity index (χ4n) is 2.96. The van der Waals surface area contributed by atoms with Gasteiger partial charge in [-0.05, 0) is 37.4 Å². The maximum atomic E-state index is 12.4. The van der Waals surface area contributed by atoms with Gasteiger partial charge in [0.2, 0.25) is 5.91 Å². The van der Waals surface area contributed by atoms with Crippen molar-refractivity contribution in [2.24, 2.45) is 0 Å². The van der Waals surface area contributed by atoms with Gasteiger partial charge >= 0.3 is 0 Å². The Morgan fingerprint density at radius 3 is 2.48 bits per heavy atom. The van der Waals surface area contributed by atoms with Crippen molar-refractivity contribution in [3.8, 4) is 0 Å². The maximum absolute atomic E-state index is 12.4. The summed E-state index contributed by atoms with van der Waals surface area (Å²) in [6.45, 7) is 3.71. The third-order valence-electron chi connectivity index (χ3n) is 4.50. The first kappa shape index (κ1) is 20.1. The van der Waals surface area contributed by atoms with Crippen LogP contribution in [0.4, 0.5) is 11.4 Å². The van der Waals surface area contributed by atoms with Gasteiger partial charge in [-0.1, -0.05) is 23.2 Å². The number of halogens is 2. The van der Waals surface area contributed by atoms with E-state index in [9.17, 15) is 9.59 Å². The summed E-state index contributed by atoms with van der Waals surface area (Å²) < 4.78 is 0.568. The van der Waals surface area contributed by atoms with E-state index in [4.69, 9.17) is 23.2 Å². The molecule has 1 fully saturated rings. The van der Waals surface area contributed by atoms with Crippen LogP contribution in [0, 0.1) is 0 Å². The summed E-state index contributed by atoms with van der Waals surface area (Å²) in [5.74, 6) is -0.281. The van der Waals surface area contributed by atoms with E-state index in [2.05, 4.69) is 22.2 Å². The number of benzene rings is 1. The minimum Gasteiger partial charge on any atom is -0.367 e. The summed E-state index contributed by atoms with van der Waals surface area (Å²) in [5, 5.41) is 3.48. The molecule has 1 aliphatic heterocycles. The third kappa shape index (κ3) is 5.45. The summed E-state index contributed by atoms with van der Waals surface area (Å²) in [5.41, 5.74) is 1.64. The van der Waals surface area contributed by atoms with E-state index in [1.807, 2.05) is 12.1 Å². The van der Waals surface area contributed by atoms with Crippen molar-refractivity contribution >= 4 is 57.6 Å². The van der Waals surface area contributed by atoms with Crippen LogP contribution in [-0.4, -0.2) is 49.8 Å². The Labute approximate surface area is 172 Å². The summed E-state index contributed by atoms with van der Waals surface area (Å²) in [6.07, 6.45) is 0.260. The quantitative estimate of drug-likeness (QED) is 0.696. The van der Waals surface area contributed by atoms with Crippen LogP contribution in [0.3, 0.4) is 0 Å². The Kier molecular flexibility index (Phi) is 6.76. The van der Waals surface area contributed by atoms with Crippen molar-refractivity contribution < 1.29 is 9.59 Å². The van der Waals surface area contributed by atoms with Crippen LogP contribution in [0.15, 0.2) is 30.3 Å². The molecule has 1 amide bonds. The Morgan fingerprint density at radius 1 is 1.07 bits per heavy atom. The zero-order valence-electron chi connectivity index (χ0n) is 15.0. The third-order valence-corrected chi connectivity index (χ3v) is 6.01. The van der Waals surface area contributed by atoms with Gasteiger partial charge in [0.15, 0.2) is 5.78 Å². The molecule has 5 nitrogen and oxygen atoms in total. The highest BCUT2D eigenvalue weighted by molar-refractivity contribution is 7.18. The number of thiophene rings is 1. The Bertz CT molecular complexity index is 832. The molecule has 8 heteroatoms. The van der Waals surface area contributed by atoms with E-state index in [-0.39, 0.29) is 24.5 Å². The molecule has 0 unspecified atom stereocenters. The zero-order valence-corrected chi connectivity index (χ0v) is 17.3.